The Morgan fingerprint density at radius 3 is 2.85 bits per heavy atom. The van der Waals surface area contributed by atoms with E-state index in [-0.39, 0.29) is 23.4 Å². The van der Waals surface area contributed by atoms with Gasteiger partial charge in [-0.2, -0.15) is 0 Å². The number of thioether (sulfide) groups is 1. The fraction of sp³-hybridized carbons (Fsp3) is 0.263. The van der Waals surface area contributed by atoms with Gasteiger partial charge in [-0.3, -0.25) is 9.59 Å². The zero-order chi connectivity index (χ0) is 18.7. The molecule has 0 spiro atoms. The van der Waals surface area contributed by atoms with Crippen molar-refractivity contribution in [1.29, 1.82) is 0 Å². The minimum Gasteiger partial charge on any atom is -0.352 e. The minimum absolute atomic E-state index is 0.0750. The molecule has 0 fully saturated rings. The van der Waals surface area contributed by atoms with Crippen molar-refractivity contribution in [3.8, 4) is 0 Å². The van der Waals surface area contributed by atoms with E-state index in [1.54, 1.807) is 23.1 Å². The van der Waals surface area contributed by atoms with Crippen LogP contribution in [0.2, 0.25) is 5.02 Å². The maximum Gasteiger partial charge on any atom is 0.251 e. The molecule has 136 valence electrons. The quantitative estimate of drug-likeness (QED) is 0.827. The van der Waals surface area contributed by atoms with Crippen LogP contribution in [0.5, 0.6) is 0 Å². The van der Waals surface area contributed by atoms with E-state index in [1.807, 2.05) is 13.0 Å². The van der Waals surface area contributed by atoms with Crippen LogP contribution in [0.4, 0.5) is 10.1 Å². The first-order chi connectivity index (χ1) is 12.5. The smallest absolute Gasteiger partial charge is 0.251 e. The predicted molar refractivity (Wildman–Crippen MR) is 102 cm³/mol. The van der Waals surface area contributed by atoms with Crippen molar-refractivity contribution in [2.75, 3.05) is 17.2 Å². The van der Waals surface area contributed by atoms with Crippen LogP contribution in [-0.2, 0) is 11.3 Å². The molecule has 1 aliphatic heterocycles. The van der Waals surface area contributed by atoms with Gasteiger partial charge in [0.2, 0.25) is 5.91 Å². The first kappa shape index (κ1) is 18.7. The molecule has 2 amide bonds. The topological polar surface area (TPSA) is 49.4 Å². The number of carbonyl (C=O) groups excluding carboxylic acids is 2. The predicted octanol–water partition coefficient (Wildman–Crippen LogP) is 4.26. The van der Waals surface area contributed by atoms with Gasteiger partial charge in [-0.05, 0) is 42.3 Å². The van der Waals surface area contributed by atoms with Crippen molar-refractivity contribution in [1.82, 2.24) is 5.32 Å². The molecule has 4 nitrogen and oxygen atoms in total. The number of fused-ring (bicyclic) bond motifs is 1. The Hall–Kier alpha value is -2.05. The van der Waals surface area contributed by atoms with Crippen LogP contribution in [0.3, 0.4) is 0 Å². The Bertz CT molecular complexity index is 859. The molecular weight excluding hydrogens is 375 g/mol. The van der Waals surface area contributed by atoms with E-state index in [0.717, 1.165) is 11.3 Å². The lowest BCUT2D eigenvalue weighted by molar-refractivity contribution is -0.116. The zero-order valence-corrected chi connectivity index (χ0v) is 15.8. The number of halogens is 2. The summed E-state index contributed by atoms with van der Waals surface area (Å²) in [5.41, 5.74) is 1.83. The summed E-state index contributed by atoms with van der Waals surface area (Å²) in [6, 6.07) is 9.46. The summed E-state index contributed by atoms with van der Waals surface area (Å²) in [5.74, 6) is -0.353. The molecule has 1 aliphatic rings. The van der Waals surface area contributed by atoms with Crippen LogP contribution in [0.15, 0.2) is 41.3 Å². The van der Waals surface area contributed by atoms with Gasteiger partial charge in [0.05, 0.1) is 18.0 Å². The van der Waals surface area contributed by atoms with E-state index in [9.17, 15) is 14.0 Å². The maximum atomic E-state index is 13.3. The van der Waals surface area contributed by atoms with Gasteiger partial charge in [0.15, 0.2) is 0 Å². The van der Waals surface area contributed by atoms with Crippen molar-refractivity contribution in [2.24, 2.45) is 0 Å². The zero-order valence-electron chi connectivity index (χ0n) is 14.2. The van der Waals surface area contributed by atoms with E-state index in [4.69, 9.17) is 11.6 Å². The molecule has 0 aliphatic carbocycles. The highest BCUT2D eigenvalue weighted by Gasteiger charge is 2.26. The Morgan fingerprint density at radius 1 is 1.31 bits per heavy atom. The van der Waals surface area contributed by atoms with Gasteiger partial charge in [0.25, 0.3) is 5.91 Å². The van der Waals surface area contributed by atoms with Crippen LogP contribution in [0.25, 0.3) is 0 Å². The number of nitrogens with one attached hydrogen (secondary N) is 1. The number of hydrogen-bond donors (Lipinski definition) is 1. The molecule has 0 atom stereocenters. The van der Waals surface area contributed by atoms with Gasteiger partial charge in [-0.15, -0.1) is 11.8 Å². The Morgan fingerprint density at radius 2 is 2.12 bits per heavy atom. The fourth-order valence-electron chi connectivity index (χ4n) is 2.68. The molecule has 0 radical (unpaired) electrons. The highest BCUT2D eigenvalue weighted by Crippen LogP contribution is 2.37. The van der Waals surface area contributed by atoms with Crippen LogP contribution in [0.1, 0.15) is 29.3 Å². The van der Waals surface area contributed by atoms with Crippen LogP contribution in [0, 0.1) is 5.82 Å². The second-order valence-corrected chi connectivity index (χ2v) is 7.37. The van der Waals surface area contributed by atoms with Crippen molar-refractivity contribution in [3.05, 3.63) is 58.4 Å². The highest BCUT2D eigenvalue weighted by molar-refractivity contribution is 8.00. The van der Waals surface area contributed by atoms with Gasteiger partial charge in [-0.1, -0.05) is 24.6 Å². The van der Waals surface area contributed by atoms with Crippen LogP contribution >= 0.6 is 23.4 Å². The van der Waals surface area contributed by atoms with Gasteiger partial charge >= 0.3 is 0 Å². The molecule has 0 saturated carbocycles. The second-order valence-electron chi connectivity index (χ2n) is 5.94. The Labute approximate surface area is 160 Å². The molecule has 0 bridgehead atoms. The second kappa shape index (κ2) is 8.10. The number of rotatable bonds is 5. The van der Waals surface area contributed by atoms with Crippen molar-refractivity contribution < 1.29 is 14.0 Å². The number of anilines is 1. The largest absolute Gasteiger partial charge is 0.352 e. The first-order valence-corrected chi connectivity index (χ1v) is 9.65. The lowest BCUT2D eigenvalue weighted by Crippen LogP contribution is -2.35. The standard InChI is InChI=1S/C19H18ClFN2O2S/c1-2-7-22-19(25)12-4-6-17-16(8-12)23(18(24)11-26-17)10-13-3-5-14(21)9-15(13)20/h3-6,8-9H,2,7,10-11H2,1H3,(H,22,25). The van der Waals surface area contributed by atoms with Crippen LogP contribution < -0.4 is 10.2 Å². The highest BCUT2D eigenvalue weighted by atomic mass is 35.5. The van der Waals surface area contributed by atoms with E-state index < -0.39 is 5.82 Å². The van der Waals surface area contributed by atoms with Crippen molar-refractivity contribution >= 4 is 40.9 Å². The molecule has 1 N–H and O–H groups in total. The molecule has 2 aromatic carbocycles. The first-order valence-electron chi connectivity index (χ1n) is 8.29. The SMILES string of the molecule is CCCNC(=O)c1ccc2c(c1)N(Cc1ccc(F)cc1Cl)C(=O)CS2. The number of nitrogens with zero attached hydrogens (tertiary/aromatic N) is 1. The summed E-state index contributed by atoms with van der Waals surface area (Å²) in [7, 11) is 0. The van der Waals surface area contributed by atoms with Crippen LogP contribution in [-0.4, -0.2) is 24.1 Å². The third-order valence-corrected chi connectivity index (χ3v) is 5.44. The molecule has 26 heavy (non-hydrogen) atoms. The summed E-state index contributed by atoms with van der Waals surface area (Å²) in [6.45, 7) is 2.81. The summed E-state index contributed by atoms with van der Waals surface area (Å²) in [5, 5.41) is 3.11. The van der Waals surface area contributed by atoms with Gasteiger partial charge in [0, 0.05) is 22.0 Å². The summed E-state index contributed by atoms with van der Waals surface area (Å²) >= 11 is 7.56. The molecule has 2 aromatic rings. The molecular formula is C19H18ClFN2O2S. The number of amides is 2. The fourth-order valence-corrected chi connectivity index (χ4v) is 3.82. The minimum atomic E-state index is -0.422. The number of hydrogen-bond acceptors (Lipinski definition) is 3. The lowest BCUT2D eigenvalue weighted by atomic mass is 10.1. The summed E-state index contributed by atoms with van der Waals surface area (Å²) in [6.07, 6.45) is 0.847. The van der Waals surface area contributed by atoms with Crippen molar-refractivity contribution in [2.45, 2.75) is 24.8 Å². The lowest BCUT2D eigenvalue weighted by Gasteiger charge is -2.29. The van der Waals surface area contributed by atoms with Gasteiger partial charge in [-0.25, -0.2) is 4.39 Å². The van der Waals surface area contributed by atoms with E-state index in [2.05, 4.69) is 5.32 Å². The molecule has 0 unspecified atom stereocenters. The van der Waals surface area contributed by atoms with Crippen molar-refractivity contribution in [3.63, 3.8) is 0 Å². The molecule has 0 aromatic heterocycles. The number of benzene rings is 2. The Balaban J connectivity index is 1.92. The van der Waals surface area contributed by atoms with E-state index in [0.29, 0.717) is 29.1 Å². The average Bonchev–Trinajstić information content (AvgIpc) is 2.63. The van der Waals surface area contributed by atoms with Gasteiger partial charge in [0.1, 0.15) is 5.82 Å². The molecule has 3 rings (SSSR count). The molecule has 0 saturated heterocycles. The normalized spacial score (nSPS) is 13.5. The summed E-state index contributed by atoms with van der Waals surface area (Å²) in [4.78, 5) is 27.2. The monoisotopic (exact) mass is 392 g/mol. The Kier molecular flexibility index (Phi) is 5.84. The molecule has 7 heteroatoms. The average molecular weight is 393 g/mol. The third kappa shape index (κ3) is 4.02. The third-order valence-electron chi connectivity index (χ3n) is 4.04. The van der Waals surface area contributed by atoms with E-state index in [1.165, 1.54) is 23.9 Å². The maximum absolute atomic E-state index is 13.3. The number of carbonyl (C=O) groups is 2. The molecule has 1 heterocycles. The van der Waals surface area contributed by atoms with Gasteiger partial charge < -0.3 is 10.2 Å². The summed E-state index contributed by atoms with van der Waals surface area (Å²) < 4.78 is 13.3. The van der Waals surface area contributed by atoms with E-state index >= 15 is 0 Å².